The van der Waals surface area contributed by atoms with Gasteiger partial charge in [-0.15, -0.1) is 0 Å². The second-order valence-electron chi connectivity index (χ2n) is 10.1. The average Bonchev–Trinajstić information content (AvgIpc) is 3.39. The number of carboxylic acid groups (broad SMARTS) is 1. The third-order valence-electron chi connectivity index (χ3n) is 7.26. The fourth-order valence-corrected chi connectivity index (χ4v) is 4.91. The minimum Gasteiger partial charge on any atom is -0.478 e. The Morgan fingerprint density at radius 2 is 1.74 bits per heavy atom. The molecule has 1 saturated carbocycles. The fraction of sp³-hybridized carbons (Fsp3) is 0.464. The molecule has 0 bridgehead atoms. The van der Waals surface area contributed by atoms with Crippen molar-refractivity contribution in [3.05, 3.63) is 59.2 Å². The van der Waals surface area contributed by atoms with E-state index in [-0.39, 0.29) is 5.91 Å². The highest BCUT2D eigenvalue weighted by atomic mass is 16.5. The lowest BCUT2D eigenvalue weighted by molar-refractivity contribution is -0.152. The van der Waals surface area contributed by atoms with E-state index in [9.17, 15) is 14.7 Å². The molecule has 4 rings (SSSR count). The van der Waals surface area contributed by atoms with Gasteiger partial charge in [0.25, 0.3) is 5.91 Å². The van der Waals surface area contributed by atoms with Crippen LogP contribution >= 0.6 is 0 Å². The first kappa shape index (κ1) is 24.0. The smallest absolute Gasteiger partial charge is 0.347 e. The van der Waals surface area contributed by atoms with Crippen molar-refractivity contribution in [3.8, 4) is 5.75 Å². The van der Waals surface area contributed by atoms with Crippen molar-refractivity contribution >= 4 is 23.3 Å². The number of carbonyl (C=O) groups is 2. The molecule has 1 heterocycles. The molecule has 2 aromatic rings. The number of carbonyl (C=O) groups excluding carboxylic acids is 1. The highest BCUT2D eigenvalue weighted by Gasteiger charge is 2.52. The molecule has 6 nitrogen and oxygen atoms in total. The van der Waals surface area contributed by atoms with Crippen LogP contribution < -0.4 is 9.75 Å². The maximum absolute atomic E-state index is 13.5. The first-order chi connectivity index (χ1) is 16.1. The highest BCUT2D eigenvalue weighted by molar-refractivity contribution is 6.19. The Labute approximate surface area is 201 Å². The average molecular weight is 463 g/mol. The van der Waals surface area contributed by atoms with Crippen LogP contribution in [-0.2, 0) is 16.0 Å². The SMILES string of the molecule is Cc1ccc(N2N=C(CCCc3ccc(OC(C)(C)C(=O)O)cc3)C3(CCCC3)C2=O)cc1C. The molecule has 180 valence electrons. The number of hydrogen-bond acceptors (Lipinski definition) is 4. The van der Waals surface area contributed by atoms with Gasteiger partial charge >= 0.3 is 5.97 Å². The molecule has 1 fully saturated rings. The molecular formula is C28H34N2O4. The zero-order valence-corrected chi connectivity index (χ0v) is 20.6. The standard InChI is InChI=1S/C28H34N2O4/c1-19-10-13-22(18-20(19)2)30-25(31)28(16-5-6-17-28)24(29-30)9-7-8-21-11-14-23(15-12-21)34-27(3,4)26(32)33/h10-15,18H,5-9,16-17H2,1-4H3,(H,32,33). The lowest BCUT2D eigenvalue weighted by Gasteiger charge is -2.24. The molecule has 0 unspecified atom stereocenters. The summed E-state index contributed by atoms with van der Waals surface area (Å²) in [6.45, 7) is 7.21. The van der Waals surface area contributed by atoms with Crippen LogP contribution in [0.25, 0.3) is 0 Å². The van der Waals surface area contributed by atoms with Crippen molar-refractivity contribution in [1.29, 1.82) is 0 Å². The zero-order chi connectivity index (χ0) is 24.5. The summed E-state index contributed by atoms with van der Waals surface area (Å²) in [4.78, 5) is 24.8. The molecule has 1 spiro atoms. The Kier molecular flexibility index (Phi) is 6.52. The van der Waals surface area contributed by atoms with E-state index in [2.05, 4.69) is 26.0 Å². The molecule has 1 N–H and O–H groups in total. The number of rotatable bonds is 8. The Bertz CT molecular complexity index is 1110. The first-order valence-corrected chi connectivity index (χ1v) is 12.1. The van der Waals surface area contributed by atoms with Crippen molar-refractivity contribution in [2.45, 2.75) is 78.2 Å². The number of aryl methyl sites for hydroxylation is 3. The first-order valence-electron chi connectivity index (χ1n) is 12.1. The van der Waals surface area contributed by atoms with Gasteiger partial charge in [-0.1, -0.05) is 31.0 Å². The monoisotopic (exact) mass is 462 g/mol. The molecule has 0 aromatic heterocycles. The van der Waals surface area contributed by atoms with E-state index in [1.165, 1.54) is 19.4 Å². The van der Waals surface area contributed by atoms with E-state index in [1.54, 1.807) is 5.01 Å². The van der Waals surface area contributed by atoms with Gasteiger partial charge in [-0.05, 0) is 101 Å². The number of amides is 1. The van der Waals surface area contributed by atoms with Gasteiger partial charge in [0.15, 0.2) is 5.60 Å². The van der Waals surface area contributed by atoms with Gasteiger partial charge in [0, 0.05) is 0 Å². The molecule has 1 amide bonds. The molecule has 0 atom stereocenters. The molecule has 1 aliphatic carbocycles. The lowest BCUT2D eigenvalue weighted by atomic mass is 9.78. The largest absolute Gasteiger partial charge is 0.478 e. The fourth-order valence-electron chi connectivity index (χ4n) is 4.91. The Hall–Kier alpha value is -3.15. The van der Waals surface area contributed by atoms with E-state index in [1.807, 2.05) is 30.3 Å². The van der Waals surface area contributed by atoms with E-state index in [0.29, 0.717) is 5.75 Å². The van der Waals surface area contributed by atoms with Crippen LogP contribution in [0.2, 0.25) is 0 Å². The quantitative estimate of drug-likeness (QED) is 0.535. The van der Waals surface area contributed by atoms with Crippen molar-refractivity contribution in [1.82, 2.24) is 0 Å². The van der Waals surface area contributed by atoms with Gasteiger partial charge in [-0.3, -0.25) is 4.79 Å². The number of hydrogen-bond donors (Lipinski definition) is 1. The van der Waals surface area contributed by atoms with E-state index in [0.717, 1.165) is 67.5 Å². The van der Waals surface area contributed by atoms with Crippen molar-refractivity contribution in [3.63, 3.8) is 0 Å². The topological polar surface area (TPSA) is 79.2 Å². The predicted octanol–water partition coefficient (Wildman–Crippen LogP) is 5.83. The van der Waals surface area contributed by atoms with Gasteiger partial charge in [0.05, 0.1) is 16.8 Å². The number of carboxylic acids is 1. The Morgan fingerprint density at radius 1 is 1.06 bits per heavy atom. The molecule has 0 saturated heterocycles. The van der Waals surface area contributed by atoms with E-state index < -0.39 is 17.0 Å². The van der Waals surface area contributed by atoms with Crippen LogP contribution in [-0.4, -0.2) is 28.3 Å². The number of hydrazone groups is 1. The number of nitrogens with zero attached hydrogens (tertiary/aromatic N) is 2. The van der Waals surface area contributed by atoms with Crippen molar-refractivity contribution < 1.29 is 19.4 Å². The van der Waals surface area contributed by atoms with Crippen LogP contribution in [0, 0.1) is 19.3 Å². The van der Waals surface area contributed by atoms with Crippen LogP contribution in [0.3, 0.4) is 0 Å². The Morgan fingerprint density at radius 3 is 2.35 bits per heavy atom. The summed E-state index contributed by atoms with van der Waals surface area (Å²) in [5.41, 5.74) is 3.69. The zero-order valence-electron chi connectivity index (χ0n) is 20.6. The van der Waals surface area contributed by atoms with Gasteiger partial charge in [-0.25, -0.2) is 4.79 Å². The molecule has 6 heteroatoms. The summed E-state index contributed by atoms with van der Waals surface area (Å²) in [6.07, 6.45) is 6.45. The molecule has 34 heavy (non-hydrogen) atoms. The summed E-state index contributed by atoms with van der Waals surface area (Å²) in [6, 6.07) is 13.7. The lowest BCUT2D eigenvalue weighted by Crippen LogP contribution is -2.37. The summed E-state index contributed by atoms with van der Waals surface area (Å²) < 4.78 is 5.59. The highest BCUT2D eigenvalue weighted by Crippen LogP contribution is 2.47. The number of ether oxygens (including phenoxy) is 1. The van der Waals surface area contributed by atoms with Gasteiger partial charge in [-0.2, -0.15) is 10.1 Å². The predicted molar refractivity (Wildman–Crippen MR) is 133 cm³/mol. The van der Waals surface area contributed by atoms with E-state index in [4.69, 9.17) is 9.84 Å². The molecule has 0 radical (unpaired) electrons. The molecule has 2 aliphatic rings. The minimum atomic E-state index is -1.27. The number of aliphatic carboxylic acids is 1. The van der Waals surface area contributed by atoms with E-state index >= 15 is 0 Å². The maximum atomic E-state index is 13.5. The van der Waals surface area contributed by atoms with Crippen LogP contribution in [0.1, 0.15) is 69.1 Å². The van der Waals surface area contributed by atoms with Gasteiger partial charge in [0.2, 0.25) is 0 Å². The third kappa shape index (κ3) is 4.59. The summed E-state index contributed by atoms with van der Waals surface area (Å²) in [7, 11) is 0. The van der Waals surface area contributed by atoms with Gasteiger partial charge < -0.3 is 9.84 Å². The number of anilines is 1. The molecule has 2 aromatic carbocycles. The van der Waals surface area contributed by atoms with Crippen LogP contribution in [0.15, 0.2) is 47.6 Å². The summed E-state index contributed by atoms with van der Waals surface area (Å²) in [5.74, 6) is -0.333. The number of benzene rings is 2. The molecule has 1 aliphatic heterocycles. The summed E-state index contributed by atoms with van der Waals surface area (Å²) in [5, 5.41) is 15.8. The second-order valence-corrected chi connectivity index (χ2v) is 10.1. The second kappa shape index (κ2) is 9.24. The van der Waals surface area contributed by atoms with Crippen molar-refractivity contribution in [2.75, 3.05) is 5.01 Å². The van der Waals surface area contributed by atoms with Crippen LogP contribution in [0.4, 0.5) is 5.69 Å². The van der Waals surface area contributed by atoms with Gasteiger partial charge in [0.1, 0.15) is 5.75 Å². The van der Waals surface area contributed by atoms with Crippen LogP contribution in [0.5, 0.6) is 5.75 Å². The third-order valence-corrected chi connectivity index (χ3v) is 7.26. The minimum absolute atomic E-state index is 0.130. The summed E-state index contributed by atoms with van der Waals surface area (Å²) >= 11 is 0. The maximum Gasteiger partial charge on any atom is 0.347 e. The Balaban J connectivity index is 1.44. The molecular weight excluding hydrogens is 428 g/mol. The normalized spacial score (nSPS) is 17.4. The van der Waals surface area contributed by atoms with Crippen molar-refractivity contribution in [2.24, 2.45) is 10.5 Å².